The number of hydrogen-bond acceptors (Lipinski definition) is 3. The third kappa shape index (κ3) is 3.99. The van der Waals surface area contributed by atoms with Crippen molar-refractivity contribution in [1.29, 1.82) is 0 Å². The van der Waals surface area contributed by atoms with Crippen molar-refractivity contribution < 1.29 is 4.79 Å². The number of carbonyl (C=O) groups is 1. The first-order valence-corrected chi connectivity index (χ1v) is 8.33. The molecule has 1 aromatic carbocycles. The maximum Gasteiger partial charge on any atom is 0.219 e. The van der Waals surface area contributed by atoms with E-state index in [0.717, 1.165) is 38.3 Å². The fourth-order valence-corrected chi connectivity index (χ4v) is 3.09. The van der Waals surface area contributed by atoms with Crippen LogP contribution in [0.2, 0.25) is 0 Å². The quantitative estimate of drug-likeness (QED) is 0.890. The van der Waals surface area contributed by atoms with E-state index >= 15 is 0 Å². The summed E-state index contributed by atoms with van der Waals surface area (Å²) in [6.45, 7) is 5.69. The summed E-state index contributed by atoms with van der Waals surface area (Å²) < 4.78 is 2.01. The lowest BCUT2D eigenvalue weighted by atomic mass is 10.1. The summed E-state index contributed by atoms with van der Waals surface area (Å²) >= 11 is 0. The second-order valence-electron chi connectivity index (χ2n) is 6.12. The molecule has 23 heavy (non-hydrogen) atoms. The molecule has 1 fully saturated rings. The first kappa shape index (κ1) is 15.7. The van der Waals surface area contributed by atoms with E-state index in [1.54, 1.807) is 0 Å². The van der Waals surface area contributed by atoms with Gasteiger partial charge in [-0.3, -0.25) is 9.69 Å². The number of aromatic nitrogens is 2. The van der Waals surface area contributed by atoms with Crippen LogP contribution in [0.4, 0.5) is 0 Å². The molecule has 0 spiro atoms. The molecule has 1 aliphatic heterocycles. The SMILES string of the molecule is CCC(=O)NCC1CCN(Cc2ccnn2-c2ccccc2)C1. The zero-order chi connectivity index (χ0) is 16.1. The Balaban J connectivity index is 1.57. The fraction of sp³-hybridized carbons (Fsp3) is 0.444. The molecule has 1 unspecified atom stereocenters. The largest absolute Gasteiger partial charge is 0.356 e. The van der Waals surface area contributed by atoms with Crippen molar-refractivity contribution in [2.45, 2.75) is 26.3 Å². The second-order valence-corrected chi connectivity index (χ2v) is 6.12. The molecular weight excluding hydrogens is 288 g/mol. The summed E-state index contributed by atoms with van der Waals surface area (Å²) in [7, 11) is 0. The van der Waals surface area contributed by atoms with Gasteiger partial charge in [0.2, 0.25) is 5.91 Å². The zero-order valence-corrected chi connectivity index (χ0v) is 13.6. The minimum atomic E-state index is 0.144. The number of hydrogen-bond donors (Lipinski definition) is 1. The molecule has 1 aromatic heterocycles. The minimum absolute atomic E-state index is 0.144. The highest BCUT2D eigenvalue weighted by molar-refractivity contribution is 5.75. The lowest BCUT2D eigenvalue weighted by Gasteiger charge is -2.17. The van der Waals surface area contributed by atoms with Crippen molar-refractivity contribution in [3.63, 3.8) is 0 Å². The van der Waals surface area contributed by atoms with E-state index in [0.29, 0.717) is 12.3 Å². The molecule has 122 valence electrons. The van der Waals surface area contributed by atoms with Crippen molar-refractivity contribution >= 4 is 5.91 Å². The maximum absolute atomic E-state index is 11.4. The Morgan fingerprint density at radius 2 is 2.13 bits per heavy atom. The summed E-state index contributed by atoms with van der Waals surface area (Å²) in [6.07, 6.45) is 3.56. The van der Waals surface area contributed by atoms with E-state index in [1.807, 2.05) is 36.0 Å². The van der Waals surface area contributed by atoms with E-state index in [9.17, 15) is 4.79 Å². The summed E-state index contributed by atoms with van der Waals surface area (Å²) in [6, 6.07) is 12.3. The van der Waals surface area contributed by atoms with Gasteiger partial charge in [0, 0.05) is 32.3 Å². The van der Waals surface area contributed by atoms with Gasteiger partial charge < -0.3 is 5.32 Å². The Kier molecular flexibility index (Phi) is 5.08. The molecule has 1 aliphatic rings. The first-order chi connectivity index (χ1) is 11.3. The van der Waals surface area contributed by atoms with E-state index in [1.165, 1.54) is 5.69 Å². The van der Waals surface area contributed by atoms with E-state index in [-0.39, 0.29) is 5.91 Å². The molecule has 0 saturated carbocycles. The average Bonchev–Trinajstić information content (AvgIpc) is 3.23. The number of rotatable bonds is 6. The maximum atomic E-state index is 11.4. The molecule has 1 saturated heterocycles. The van der Waals surface area contributed by atoms with E-state index in [4.69, 9.17) is 0 Å². The molecule has 2 aromatic rings. The molecule has 1 amide bonds. The van der Waals surface area contributed by atoms with Crippen LogP contribution >= 0.6 is 0 Å². The number of para-hydroxylation sites is 1. The molecule has 0 aliphatic carbocycles. The Morgan fingerprint density at radius 1 is 1.30 bits per heavy atom. The second kappa shape index (κ2) is 7.42. The van der Waals surface area contributed by atoms with Gasteiger partial charge >= 0.3 is 0 Å². The molecule has 0 bridgehead atoms. The average molecular weight is 312 g/mol. The lowest BCUT2D eigenvalue weighted by molar-refractivity contribution is -0.120. The molecule has 2 heterocycles. The Hall–Kier alpha value is -2.14. The van der Waals surface area contributed by atoms with Gasteiger partial charge in [0.25, 0.3) is 0 Å². The van der Waals surface area contributed by atoms with Gasteiger partial charge in [0.1, 0.15) is 0 Å². The van der Waals surface area contributed by atoms with Crippen LogP contribution < -0.4 is 5.32 Å². The van der Waals surface area contributed by atoms with E-state index < -0.39 is 0 Å². The van der Waals surface area contributed by atoms with Crippen molar-refractivity contribution in [3.8, 4) is 5.69 Å². The zero-order valence-electron chi connectivity index (χ0n) is 13.6. The van der Waals surface area contributed by atoms with E-state index in [2.05, 4.69) is 33.5 Å². The summed E-state index contributed by atoms with van der Waals surface area (Å²) in [5.74, 6) is 0.698. The van der Waals surface area contributed by atoms with Crippen LogP contribution in [0.1, 0.15) is 25.5 Å². The highest BCUT2D eigenvalue weighted by Gasteiger charge is 2.23. The van der Waals surface area contributed by atoms with Gasteiger partial charge in [-0.25, -0.2) is 4.68 Å². The number of likely N-dealkylation sites (tertiary alicyclic amines) is 1. The third-order valence-electron chi connectivity index (χ3n) is 4.39. The highest BCUT2D eigenvalue weighted by Crippen LogP contribution is 2.19. The number of amides is 1. The van der Waals surface area contributed by atoms with Crippen molar-refractivity contribution in [2.24, 2.45) is 5.92 Å². The first-order valence-electron chi connectivity index (χ1n) is 8.33. The molecule has 5 heteroatoms. The highest BCUT2D eigenvalue weighted by atomic mass is 16.1. The topological polar surface area (TPSA) is 50.2 Å². The number of benzene rings is 1. The Morgan fingerprint density at radius 3 is 2.91 bits per heavy atom. The van der Waals surface area contributed by atoms with Crippen LogP contribution in [0.15, 0.2) is 42.6 Å². The predicted molar refractivity (Wildman–Crippen MR) is 90.2 cm³/mol. The van der Waals surface area contributed by atoms with Crippen molar-refractivity contribution in [1.82, 2.24) is 20.0 Å². The Bertz CT molecular complexity index is 637. The van der Waals surface area contributed by atoms with Crippen molar-refractivity contribution in [3.05, 3.63) is 48.3 Å². The third-order valence-corrected chi connectivity index (χ3v) is 4.39. The molecule has 1 atom stereocenters. The van der Waals surface area contributed by atoms with Crippen LogP contribution in [-0.4, -0.2) is 40.2 Å². The summed E-state index contributed by atoms with van der Waals surface area (Å²) in [5.41, 5.74) is 2.30. The minimum Gasteiger partial charge on any atom is -0.356 e. The van der Waals surface area contributed by atoms with Gasteiger partial charge in [0.15, 0.2) is 0 Å². The Labute approximate surface area is 137 Å². The summed E-state index contributed by atoms with van der Waals surface area (Å²) in [5, 5.41) is 7.46. The number of carbonyl (C=O) groups excluding carboxylic acids is 1. The van der Waals surface area contributed by atoms with Crippen LogP contribution in [0.3, 0.4) is 0 Å². The normalized spacial score (nSPS) is 18.2. The molecule has 3 rings (SSSR count). The van der Waals surface area contributed by atoms with Crippen LogP contribution in [-0.2, 0) is 11.3 Å². The van der Waals surface area contributed by atoms with Crippen molar-refractivity contribution in [2.75, 3.05) is 19.6 Å². The standard InChI is InChI=1S/C18H24N4O/c1-2-18(23)19-12-15-9-11-21(13-15)14-17-8-10-20-22(17)16-6-4-3-5-7-16/h3-8,10,15H,2,9,11-14H2,1H3,(H,19,23). The van der Waals surface area contributed by atoms with Gasteiger partial charge in [-0.15, -0.1) is 0 Å². The fourth-order valence-electron chi connectivity index (χ4n) is 3.09. The molecule has 5 nitrogen and oxygen atoms in total. The van der Waals surface area contributed by atoms with Crippen LogP contribution in [0, 0.1) is 5.92 Å². The van der Waals surface area contributed by atoms with Crippen LogP contribution in [0.5, 0.6) is 0 Å². The van der Waals surface area contributed by atoms with Gasteiger partial charge in [-0.2, -0.15) is 5.10 Å². The molecule has 1 N–H and O–H groups in total. The summed E-state index contributed by atoms with van der Waals surface area (Å²) in [4.78, 5) is 13.8. The number of nitrogens with zero attached hydrogens (tertiary/aromatic N) is 3. The number of nitrogens with one attached hydrogen (secondary N) is 1. The monoisotopic (exact) mass is 312 g/mol. The molecule has 0 radical (unpaired) electrons. The molecular formula is C18H24N4O. The predicted octanol–water partition coefficient (Wildman–Crippen LogP) is 2.22. The van der Waals surface area contributed by atoms with Crippen LogP contribution in [0.25, 0.3) is 5.69 Å². The smallest absolute Gasteiger partial charge is 0.219 e. The lowest BCUT2D eigenvalue weighted by Crippen LogP contribution is -2.30. The van der Waals surface area contributed by atoms with Gasteiger partial charge in [-0.1, -0.05) is 25.1 Å². The van der Waals surface area contributed by atoms with Gasteiger partial charge in [-0.05, 0) is 37.1 Å². The van der Waals surface area contributed by atoms with Gasteiger partial charge in [0.05, 0.1) is 11.4 Å².